The summed E-state index contributed by atoms with van der Waals surface area (Å²) < 4.78 is 0. The molecular formula is C11H12N2S. The summed E-state index contributed by atoms with van der Waals surface area (Å²) in [6.45, 7) is 4.23. The van der Waals surface area contributed by atoms with Crippen LogP contribution in [0.1, 0.15) is 11.1 Å². The highest BCUT2D eigenvalue weighted by molar-refractivity contribution is 7.13. The third kappa shape index (κ3) is 1.77. The van der Waals surface area contributed by atoms with Crippen molar-refractivity contribution in [2.24, 2.45) is 0 Å². The highest BCUT2D eigenvalue weighted by Gasteiger charge is 2.01. The first-order valence-electron chi connectivity index (χ1n) is 4.50. The second-order valence-electron chi connectivity index (χ2n) is 3.21. The van der Waals surface area contributed by atoms with Crippen molar-refractivity contribution in [1.82, 2.24) is 4.98 Å². The third-order valence-corrected chi connectivity index (χ3v) is 2.97. The van der Waals surface area contributed by atoms with Gasteiger partial charge in [-0.1, -0.05) is 12.1 Å². The third-order valence-electron chi connectivity index (χ3n) is 2.28. The molecule has 2 aromatic rings. The summed E-state index contributed by atoms with van der Waals surface area (Å²) in [7, 11) is 0. The standard InChI is InChI=1S/C11H12N2S/c1-8-4-3-5-10(9(8)2)13-11-12-6-7-14-11/h3-7H,1-2H3,(H,12,13). The van der Waals surface area contributed by atoms with E-state index in [0.29, 0.717) is 0 Å². The van der Waals surface area contributed by atoms with Crippen molar-refractivity contribution in [3.63, 3.8) is 0 Å². The Morgan fingerprint density at radius 1 is 1.29 bits per heavy atom. The number of hydrogen-bond acceptors (Lipinski definition) is 3. The van der Waals surface area contributed by atoms with Crippen molar-refractivity contribution in [1.29, 1.82) is 0 Å². The van der Waals surface area contributed by atoms with Crippen LogP contribution < -0.4 is 5.32 Å². The molecule has 0 aliphatic rings. The Bertz CT molecular complexity index is 421. The molecule has 0 unspecified atom stereocenters. The molecule has 2 nitrogen and oxygen atoms in total. The number of aryl methyl sites for hydroxylation is 1. The van der Waals surface area contributed by atoms with E-state index in [1.165, 1.54) is 11.1 Å². The Balaban J connectivity index is 2.29. The number of thiazole rings is 1. The van der Waals surface area contributed by atoms with Crippen LogP contribution in [0.2, 0.25) is 0 Å². The summed E-state index contributed by atoms with van der Waals surface area (Å²) in [6, 6.07) is 6.24. The van der Waals surface area contributed by atoms with E-state index in [2.05, 4.69) is 42.3 Å². The summed E-state index contributed by atoms with van der Waals surface area (Å²) in [4.78, 5) is 4.19. The van der Waals surface area contributed by atoms with E-state index >= 15 is 0 Å². The van der Waals surface area contributed by atoms with Gasteiger partial charge in [0.05, 0.1) is 0 Å². The zero-order chi connectivity index (χ0) is 9.97. The van der Waals surface area contributed by atoms with Gasteiger partial charge in [-0.15, -0.1) is 11.3 Å². The molecule has 0 aliphatic carbocycles. The zero-order valence-corrected chi connectivity index (χ0v) is 9.06. The van der Waals surface area contributed by atoms with E-state index in [1.807, 2.05) is 5.38 Å². The number of aromatic nitrogens is 1. The number of nitrogens with one attached hydrogen (secondary N) is 1. The Hall–Kier alpha value is -1.35. The number of anilines is 2. The van der Waals surface area contributed by atoms with Gasteiger partial charge in [0.2, 0.25) is 0 Å². The largest absolute Gasteiger partial charge is 0.331 e. The van der Waals surface area contributed by atoms with Crippen LogP contribution in [0.15, 0.2) is 29.8 Å². The van der Waals surface area contributed by atoms with Gasteiger partial charge in [-0.05, 0) is 31.0 Å². The fourth-order valence-corrected chi connectivity index (χ4v) is 1.83. The first kappa shape index (κ1) is 9.21. The fourth-order valence-electron chi connectivity index (χ4n) is 1.29. The van der Waals surface area contributed by atoms with Gasteiger partial charge in [0, 0.05) is 17.3 Å². The van der Waals surface area contributed by atoms with Crippen LogP contribution in [0.3, 0.4) is 0 Å². The maximum atomic E-state index is 4.19. The first-order chi connectivity index (χ1) is 6.77. The monoisotopic (exact) mass is 204 g/mol. The van der Waals surface area contributed by atoms with Crippen LogP contribution >= 0.6 is 11.3 Å². The minimum absolute atomic E-state index is 0.943. The van der Waals surface area contributed by atoms with E-state index in [0.717, 1.165) is 10.8 Å². The van der Waals surface area contributed by atoms with Crippen molar-refractivity contribution < 1.29 is 0 Å². The highest BCUT2D eigenvalue weighted by Crippen LogP contribution is 2.23. The van der Waals surface area contributed by atoms with Gasteiger partial charge < -0.3 is 5.32 Å². The molecule has 0 aliphatic heterocycles. The lowest BCUT2D eigenvalue weighted by molar-refractivity contribution is 1.31. The molecule has 0 bridgehead atoms. The van der Waals surface area contributed by atoms with Gasteiger partial charge >= 0.3 is 0 Å². The minimum Gasteiger partial charge on any atom is -0.331 e. The van der Waals surface area contributed by atoms with Crippen LogP contribution in [-0.4, -0.2) is 4.98 Å². The van der Waals surface area contributed by atoms with Gasteiger partial charge in [0.1, 0.15) is 0 Å². The molecule has 0 radical (unpaired) electrons. The second kappa shape index (κ2) is 3.80. The van der Waals surface area contributed by atoms with Crippen LogP contribution in [0.5, 0.6) is 0 Å². The van der Waals surface area contributed by atoms with Crippen molar-refractivity contribution in [2.45, 2.75) is 13.8 Å². The minimum atomic E-state index is 0.943. The molecular weight excluding hydrogens is 192 g/mol. The van der Waals surface area contributed by atoms with Crippen molar-refractivity contribution in [3.8, 4) is 0 Å². The molecule has 72 valence electrons. The number of nitrogens with zero attached hydrogens (tertiary/aromatic N) is 1. The predicted octanol–water partition coefficient (Wildman–Crippen LogP) is 3.50. The lowest BCUT2D eigenvalue weighted by atomic mass is 10.1. The number of hydrogen-bond donors (Lipinski definition) is 1. The Labute approximate surface area is 87.6 Å². The highest BCUT2D eigenvalue weighted by atomic mass is 32.1. The van der Waals surface area contributed by atoms with Crippen LogP contribution in [0.25, 0.3) is 0 Å². The van der Waals surface area contributed by atoms with Crippen molar-refractivity contribution >= 4 is 22.2 Å². The maximum absolute atomic E-state index is 4.19. The molecule has 0 fully saturated rings. The quantitative estimate of drug-likeness (QED) is 0.809. The van der Waals surface area contributed by atoms with Crippen LogP contribution in [0, 0.1) is 13.8 Å². The fraction of sp³-hybridized carbons (Fsp3) is 0.182. The average Bonchev–Trinajstić information content (AvgIpc) is 2.66. The van der Waals surface area contributed by atoms with Gasteiger partial charge in [-0.3, -0.25) is 0 Å². The number of rotatable bonds is 2. The molecule has 1 heterocycles. The molecule has 1 aromatic heterocycles. The molecule has 1 aromatic carbocycles. The van der Waals surface area contributed by atoms with Gasteiger partial charge in [0.25, 0.3) is 0 Å². The Kier molecular flexibility index (Phi) is 2.50. The second-order valence-corrected chi connectivity index (χ2v) is 4.10. The van der Waals surface area contributed by atoms with E-state index in [1.54, 1.807) is 17.5 Å². The number of benzene rings is 1. The first-order valence-corrected chi connectivity index (χ1v) is 5.38. The van der Waals surface area contributed by atoms with Crippen LogP contribution in [-0.2, 0) is 0 Å². The normalized spacial score (nSPS) is 10.1. The van der Waals surface area contributed by atoms with Crippen molar-refractivity contribution in [2.75, 3.05) is 5.32 Å². The van der Waals surface area contributed by atoms with E-state index in [4.69, 9.17) is 0 Å². The molecule has 0 saturated carbocycles. The topological polar surface area (TPSA) is 24.9 Å². The molecule has 1 N–H and O–H groups in total. The average molecular weight is 204 g/mol. The summed E-state index contributed by atoms with van der Waals surface area (Å²) >= 11 is 1.61. The van der Waals surface area contributed by atoms with Crippen LogP contribution in [0.4, 0.5) is 10.8 Å². The molecule has 0 saturated heterocycles. The van der Waals surface area contributed by atoms with Gasteiger partial charge in [-0.2, -0.15) is 0 Å². The molecule has 2 rings (SSSR count). The molecule has 0 atom stereocenters. The lowest BCUT2D eigenvalue weighted by Gasteiger charge is -2.08. The SMILES string of the molecule is Cc1cccc(Nc2nccs2)c1C. The lowest BCUT2D eigenvalue weighted by Crippen LogP contribution is -1.93. The maximum Gasteiger partial charge on any atom is 0.187 e. The zero-order valence-electron chi connectivity index (χ0n) is 8.24. The van der Waals surface area contributed by atoms with E-state index in [-0.39, 0.29) is 0 Å². The summed E-state index contributed by atoms with van der Waals surface area (Å²) in [5.41, 5.74) is 3.72. The van der Waals surface area contributed by atoms with Gasteiger partial charge in [0.15, 0.2) is 5.13 Å². The molecule has 14 heavy (non-hydrogen) atoms. The van der Waals surface area contributed by atoms with Crippen molar-refractivity contribution in [3.05, 3.63) is 40.9 Å². The Morgan fingerprint density at radius 2 is 2.14 bits per heavy atom. The Morgan fingerprint density at radius 3 is 2.86 bits per heavy atom. The predicted molar refractivity (Wildman–Crippen MR) is 61.3 cm³/mol. The smallest absolute Gasteiger partial charge is 0.187 e. The van der Waals surface area contributed by atoms with E-state index < -0.39 is 0 Å². The van der Waals surface area contributed by atoms with Gasteiger partial charge in [-0.25, -0.2) is 4.98 Å². The molecule has 0 amide bonds. The summed E-state index contributed by atoms with van der Waals surface area (Å²) in [6.07, 6.45) is 1.80. The van der Waals surface area contributed by atoms with E-state index in [9.17, 15) is 0 Å². The molecule has 0 spiro atoms. The molecule has 3 heteroatoms. The summed E-state index contributed by atoms with van der Waals surface area (Å²) in [5.74, 6) is 0. The summed E-state index contributed by atoms with van der Waals surface area (Å²) in [5, 5.41) is 6.21.